The molecule has 0 aromatic heterocycles. The summed E-state index contributed by atoms with van der Waals surface area (Å²) in [6.45, 7) is 3.75. The van der Waals surface area contributed by atoms with Crippen LogP contribution in [0.3, 0.4) is 0 Å². The minimum absolute atomic E-state index is 0.0136. The summed E-state index contributed by atoms with van der Waals surface area (Å²) in [7, 11) is 1.46. The van der Waals surface area contributed by atoms with Crippen molar-refractivity contribution in [3.8, 4) is 11.5 Å². The predicted molar refractivity (Wildman–Crippen MR) is 102 cm³/mol. The number of aromatic hydroxyl groups is 1. The second kappa shape index (κ2) is 8.53. The molecule has 3 N–H and O–H groups in total. The zero-order chi connectivity index (χ0) is 18.4. The molecule has 25 heavy (non-hydrogen) atoms. The number of hydrazone groups is 1. The maximum atomic E-state index is 12.1. The highest BCUT2D eigenvalue weighted by atomic mass is 79.9. The molecule has 0 radical (unpaired) electrons. The van der Waals surface area contributed by atoms with Gasteiger partial charge in [0.15, 0.2) is 11.5 Å². The van der Waals surface area contributed by atoms with Gasteiger partial charge < -0.3 is 15.2 Å². The Morgan fingerprint density at radius 2 is 2.12 bits per heavy atom. The Morgan fingerprint density at radius 3 is 2.80 bits per heavy atom. The van der Waals surface area contributed by atoms with Crippen molar-refractivity contribution in [1.82, 2.24) is 5.43 Å². The number of methoxy groups -OCH3 is 1. The number of amides is 1. The predicted octanol–water partition coefficient (Wildman–Crippen LogP) is 3.42. The number of hydrogen-bond donors (Lipinski definition) is 3. The molecule has 0 fully saturated rings. The molecule has 0 heterocycles. The Labute approximate surface area is 155 Å². The molecule has 6 nitrogen and oxygen atoms in total. The van der Waals surface area contributed by atoms with Crippen molar-refractivity contribution >= 4 is 33.7 Å². The lowest BCUT2D eigenvalue weighted by molar-refractivity contribution is -0.121. The van der Waals surface area contributed by atoms with Crippen LogP contribution in [0.1, 0.15) is 18.1 Å². The average Bonchev–Trinajstić information content (AvgIpc) is 2.57. The number of carbonyl (C=O) groups excluding carboxylic acids is 1. The number of ether oxygens (including phenoxy) is 1. The van der Waals surface area contributed by atoms with Crippen LogP contribution in [0.25, 0.3) is 0 Å². The molecule has 0 spiro atoms. The number of carbonyl (C=O) groups is 1. The van der Waals surface area contributed by atoms with E-state index in [9.17, 15) is 9.90 Å². The fourth-order valence-electron chi connectivity index (χ4n) is 2.14. The van der Waals surface area contributed by atoms with Gasteiger partial charge in [-0.15, -0.1) is 0 Å². The van der Waals surface area contributed by atoms with E-state index in [2.05, 4.69) is 31.8 Å². The molecule has 2 rings (SSSR count). The number of benzene rings is 2. The second-order valence-corrected chi connectivity index (χ2v) is 6.38. The average molecular weight is 406 g/mol. The molecular weight excluding hydrogens is 386 g/mol. The molecule has 1 amide bonds. The number of hydrogen-bond acceptors (Lipinski definition) is 5. The van der Waals surface area contributed by atoms with Gasteiger partial charge in [0.2, 0.25) is 0 Å². The quantitative estimate of drug-likeness (QED) is 0.507. The van der Waals surface area contributed by atoms with Gasteiger partial charge in [-0.05, 0) is 65.2 Å². The van der Waals surface area contributed by atoms with Gasteiger partial charge in [-0.25, -0.2) is 5.43 Å². The Hall–Kier alpha value is -2.54. The van der Waals surface area contributed by atoms with Gasteiger partial charge in [0.1, 0.15) is 6.04 Å². The van der Waals surface area contributed by atoms with Crippen LogP contribution in [-0.2, 0) is 4.79 Å². The van der Waals surface area contributed by atoms with Crippen LogP contribution in [0.2, 0.25) is 0 Å². The van der Waals surface area contributed by atoms with Crippen molar-refractivity contribution < 1.29 is 14.6 Å². The van der Waals surface area contributed by atoms with Crippen molar-refractivity contribution in [3.05, 3.63) is 52.0 Å². The van der Waals surface area contributed by atoms with Crippen LogP contribution in [0.5, 0.6) is 11.5 Å². The summed E-state index contributed by atoms with van der Waals surface area (Å²) in [6.07, 6.45) is 1.48. The molecule has 0 saturated heterocycles. The fourth-order valence-corrected chi connectivity index (χ4v) is 2.60. The molecule has 0 aliphatic carbocycles. The first-order valence-corrected chi connectivity index (χ1v) is 8.42. The molecule has 0 unspecified atom stereocenters. The highest BCUT2D eigenvalue weighted by molar-refractivity contribution is 9.10. The van der Waals surface area contributed by atoms with Gasteiger partial charge in [0.25, 0.3) is 5.91 Å². The summed E-state index contributed by atoms with van der Waals surface area (Å²) in [6, 6.07) is 10.6. The van der Waals surface area contributed by atoms with E-state index in [-0.39, 0.29) is 11.7 Å². The van der Waals surface area contributed by atoms with E-state index in [0.717, 1.165) is 11.3 Å². The van der Waals surface area contributed by atoms with Crippen molar-refractivity contribution in [2.45, 2.75) is 19.9 Å². The van der Waals surface area contributed by atoms with Crippen LogP contribution < -0.4 is 15.5 Å². The Morgan fingerprint density at radius 1 is 1.36 bits per heavy atom. The van der Waals surface area contributed by atoms with Crippen LogP contribution in [-0.4, -0.2) is 30.4 Å². The molecule has 0 aliphatic rings. The number of phenols is 1. The topological polar surface area (TPSA) is 83.0 Å². The van der Waals surface area contributed by atoms with Gasteiger partial charge in [-0.2, -0.15) is 5.10 Å². The Balaban J connectivity index is 1.97. The Bertz CT molecular complexity index is 793. The molecule has 2 aromatic rings. The summed E-state index contributed by atoms with van der Waals surface area (Å²) in [5.41, 5.74) is 5.14. The number of rotatable bonds is 6. The van der Waals surface area contributed by atoms with Crippen LogP contribution in [0.4, 0.5) is 5.69 Å². The third-order valence-corrected chi connectivity index (χ3v) is 4.06. The molecule has 132 valence electrons. The summed E-state index contributed by atoms with van der Waals surface area (Å²) in [4.78, 5) is 12.1. The lowest BCUT2D eigenvalue weighted by Crippen LogP contribution is -2.34. The van der Waals surface area contributed by atoms with Crippen molar-refractivity contribution in [2.24, 2.45) is 5.10 Å². The first-order chi connectivity index (χ1) is 11.9. The lowest BCUT2D eigenvalue weighted by Gasteiger charge is -2.13. The highest BCUT2D eigenvalue weighted by Gasteiger charge is 2.12. The number of nitrogens with zero attached hydrogens (tertiary/aromatic N) is 1. The number of aryl methyl sites for hydroxylation is 1. The van der Waals surface area contributed by atoms with Crippen molar-refractivity contribution in [1.29, 1.82) is 0 Å². The molecular formula is C18H20BrN3O3. The number of nitrogens with one attached hydrogen (secondary N) is 2. The van der Waals surface area contributed by atoms with Crippen molar-refractivity contribution in [2.75, 3.05) is 12.4 Å². The van der Waals surface area contributed by atoms with E-state index in [1.54, 1.807) is 19.1 Å². The SMILES string of the molecule is COc1cc(/C=N\NC(=O)[C@H](C)Nc2cccc(C)c2)cc(Br)c1O. The smallest absolute Gasteiger partial charge is 0.262 e. The van der Waals surface area contributed by atoms with Crippen molar-refractivity contribution in [3.63, 3.8) is 0 Å². The van der Waals surface area contributed by atoms with Crippen LogP contribution in [0.15, 0.2) is 46.0 Å². The fraction of sp³-hybridized carbons (Fsp3) is 0.222. The lowest BCUT2D eigenvalue weighted by atomic mass is 10.2. The number of halogens is 1. The standard InChI is InChI=1S/C18H20BrN3O3/c1-11-5-4-6-14(7-11)21-12(2)18(24)22-20-10-13-8-15(19)17(23)16(9-13)25-3/h4-10,12,21,23H,1-3H3,(H,22,24)/b20-10-/t12-/m0/s1. The van der Waals surface area contributed by atoms with E-state index in [1.807, 2.05) is 31.2 Å². The van der Waals surface area contributed by atoms with E-state index in [1.165, 1.54) is 13.3 Å². The van der Waals surface area contributed by atoms with Crippen LogP contribution in [0, 0.1) is 6.92 Å². The third-order valence-electron chi connectivity index (χ3n) is 3.45. The molecule has 1 atom stereocenters. The van der Waals surface area contributed by atoms with Gasteiger partial charge in [0.05, 0.1) is 17.8 Å². The highest BCUT2D eigenvalue weighted by Crippen LogP contribution is 2.34. The number of phenolic OH excluding ortho intramolecular Hbond substituents is 1. The van der Waals surface area contributed by atoms with E-state index in [4.69, 9.17) is 4.74 Å². The summed E-state index contributed by atoms with van der Waals surface area (Å²) < 4.78 is 5.55. The van der Waals surface area contributed by atoms with E-state index < -0.39 is 6.04 Å². The molecule has 0 aliphatic heterocycles. The first-order valence-electron chi connectivity index (χ1n) is 7.63. The van der Waals surface area contributed by atoms with Gasteiger partial charge in [-0.3, -0.25) is 4.79 Å². The Kier molecular flexibility index (Phi) is 6.41. The van der Waals surface area contributed by atoms with Crippen LogP contribution >= 0.6 is 15.9 Å². The largest absolute Gasteiger partial charge is 0.503 e. The molecule has 0 bridgehead atoms. The number of anilines is 1. The molecule has 0 saturated carbocycles. The third kappa shape index (κ3) is 5.22. The maximum Gasteiger partial charge on any atom is 0.262 e. The molecule has 7 heteroatoms. The van der Waals surface area contributed by atoms with E-state index >= 15 is 0 Å². The zero-order valence-corrected chi connectivity index (χ0v) is 15.8. The van der Waals surface area contributed by atoms with Gasteiger partial charge in [0, 0.05) is 5.69 Å². The molecule has 2 aromatic carbocycles. The monoisotopic (exact) mass is 405 g/mol. The second-order valence-electron chi connectivity index (χ2n) is 5.52. The summed E-state index contributed by atoms with van der Waals surface area (Å²) in [5, 5.41) is 16.8. The normalized spacial score (nSPS) is 12.0. The first kappa shape index (κ1) is 18.8. The summed E-state index contributed by atoms with van der Waals surface area (Å²) in [5.74, 6) is 0.0684. The maximum absolute atomic E-state index is 12.1. The minimum atomic E-state index is -0.444. The zero-order valence-electron chi connectivity index (χ0n) is 14.2. The summed E-state index contributed by atoms with van der Waals surface area (Å²) >= 11 is 3.24. The van der Waals surface area contributed by atoms with Gasteiger partial charge in [-0.1, -0.05) is 12.1 Å². The van der Waals surface area contributed by atoms with Gasteiger partial charge >= 0.3 is 0 Å². The minimum Gasteiger partial charge on any atom is -0.503 e. The van der Waals surface area contributed by atoms with E-state index in [0.29, 0.717) is 15.8 Å².